The molecule has 0 aliphatic heterocycles. The van der Waals surface area contributed by atoms with Crippen LogP contribution in [0.5, 0.6) is 5.75 Å². The highest BCUT2D eigenvalue weighted by Gasteiger charge is 2.10. The minimum absolute atomic E-state index is 0.0815. The Balaban J connectivity index is 1.90. The van der Waals surface area contributed by atoms with Crippen molar-refractivity contribution in [2.45, 2.75) is 13.8 Å². The summed E-state index contributed by atoms with van der Waals surface area (Å²) in [6, 6.07) is 11.8. The zero-order chi connectivity index (χ0) is 17.5. The molecule has 1 amide bonds. The van der Waals surface area contributed by atoms with Gasteiger partial charge in [-0.2, -0.15) is 5.10 Å². The second-order valence-corrected chi connectivity index (χ2v) is 5.17. The number of nitro benzene ring substituents is 1. The molecule has 0 heterocycles. The van der Waals surface area contributed by atoms with Gasteiger partial charge in [0.05, 0.1) is 16.7 Å². The van der Waals surface area contributed by atoms with Crippen molar-refractivity contribution in [2.24, 2.45) is 5.10 Å². The smallest absolute Gasteiger partial charge is 0.278 e. The predicted octanol–water partition coefficient (Wildman–Crippen LogP) is 2.74. The molecule has 0 spiro atoms. The summed E-state index contributed by atoms with van der Waals surface area (Å²) in [4.78, 5) is 22.1. The fourth-order valence-electron chi connectivity index (χ4n) is 2.07. The van der Waals surface area contributed by atoms with Crippen LogP contribution in [0.2, 0.25) is 0 Å². The molecule has 0 unspecified atom stereocenters. The van der Waals surface area contributed by atoms with E-state index in [-0.39, 0.29) is 12.3 Å². The van der Waals surface area contributed by atoms with E-state index < -0.39 is 10.8 Å². The first-order valence-corrected chi connectivity index (χ1v) is 7.23. The van der Waals surface area contributed by atoms with E-state index in [0.29, 0.717) is 11.3 Å². The molecule has 0 bridgehead atoms. The molecule has 0 radical (unpaired) electrons. The lowest BCUT2D eigenvalue weighted by molar-refractivity contribution is -0.385. The van der Waals surface area contributed by atoms with E-state index in [0.717, 1.165) is 11.1 Å². The molecule has 0 saturated carbocycles. The number of benzene rings is 2. The number of amides is 1. The molecule has 2 rings (SSSR count). The lowest BCUT2D eigenvalue weighted by Gasteiger charge is -2.08. The highest BCUT2D eigenvalue weighted by Crippen LogP contribution is 2.18. The van der Waals surface area contributed by atoms with Gasteiger partial charge in [0.15, 0.2) is 6.61 Å². The number of nitrogens with zero attached hydrogens (tertiary/aromatic N) is 2. The van der Waals surface area contributed by atoms with Crippen molar-refractivity contribution in [3.05, 3.63) is 69.3 Å². The molecule has 0 atom stereocenters. The van der Waals surface area contributed by atoms with Crippen LogP contribution in [0, 0.1) is 24.0 Å². The minimum Gasteiger partial charge on any atom is -0.483 e. The average Bonchev–Trinajstić information content (AvgIpc) is 2.54. The molecule has 7 heteroatoms. The largest absolute Gasteiger partial charge is 0.483 e. The van der Waals surface area contributed by atoms with Crippen LogP contribution in [0.25, 0.3) is 0 Å². The second-order valence-electron chi connectivity index (χ2n) is 5.17. The number of hydrogen-bond donors (Lipinski definition) is 1. The Morgan fingerprint density at radius 1 is 1.29 bits per heavy atom. The third-order valence-corrected chi connectivity index (χ3v) is 3.22. The van der Waals surface area contributed by atoms with Crippen molar-refractivity contribution in [1.82, 2.24) is 5.43 Å². The van der Waals surface area contributed by atoms with E-state index in [2.05, 4.69) is 10.5 Å². The number of ether oxygens (including phenoxy) is 1. The summed E-state index contributed by atoms with van der Waals surface area (Å²) in [7, 11) is 0. The maximum atomic E-state index is 11.7. The van der Waals surface area contributed by atoms with Gasteiger partial charge in [0.25, 0.3) is 11.6 Å². The van der Waals surface area contributed by atoms with Crippen LogP contribution in [0.15, 0.2) is 47.6 Å². The summed E-state index contributed by atoms with van der Waals surface area (Å²) < 4.78 is 5.42. The van der Waals surface area contributed by atoms with Gasteiger partial charge in [-0.15, -0.1) is 0 Å². The van der Waals surface area contributed by atoms with Crippen LogP contribution < -0.4 is 10.2 Å². The van der Waals surface area contributed by atoms with Crippen LogP contribution in [0.3, 0.4) is 0 Å². The van der Waals surface area contributed by atoms with Crippen LogP contribution >= 0.6 is 0 Å². The summed E-state index contributed by atoms with van der Waals surface area (Å²) in [6.07, 6.45) is 1.23. The highest BCUT2D eigenvalue weighted by molar-refractivity contribution is 5.86. The number of hydrogen-bond acceptors (Lipinski definition) is 5. The Hall–Kier alpha value is -3.22. The molecule has 0 fully saturated rings. The van der Waals surface area contributed by atoms with Crippen LogP contribution in [0.1, 0.15) is 16.7 Å². The quantitative estimate of drug-likeness (QED) is 0.501. The molecule has 1 N–H and O–H groups in total. The summed E-state index contributed by atoms with van der Waals surface area (Å²) in [5.41, 5.74) is 4.55. The Kier molecular flexibility index (Phi) is 5.62. The number of aryl methyl sites for hydroxylation is 2. The van der Waals surface area contributed by atoms with Crippen molar-refractivity contribution in [1.29, 1.82) is 0 Å². The molecule has 0 aromatic heterocycles. The minimum atomic E-state index is -0.507. The van der Waals surface area contributed by atoms with Gasteiger partial charge in [-0.1, -0.05) is 29.8 Å². The molecule has 0 aliphatic carbocycles. The van der Waals surface area contributed by atoms with Crippen molar-refractivity contribution in [3.8, 4) is 5.75 Å². The predicted molar refractivity (Wildman–Crippen MR) is 90.2 cm³/mol. The number of para-hydroxylation sites is 1. The molecule has 2 aromatic carbocycles. The summed E-state index contributed by atoms with van der Waals surface area (Å²) in [5, 5.41) is 14.6. The lowest BCUT2D eigenvalue weighted by atomic mass is 10.1. The Labute approximate surface area is 139 Å². The van der Waals surface area contributed by atoms with E-state index in [1.807, 2.05) is 26.0 Å². The zero-order valence-electron chi connectivity index (χ0n) is 13.4. The molecular weight excluding hydrogens is 310 g/mol. The van der Waals surface area contributed by atoms with Gasteiger partial charge in [-0.3, -0.25) is 14.9 Å². The fourth-order valence-corrected chi connectivity index (χ4v) is 2.07. The molecule has 7 nitrogen and oxygen atoms in total. The molecule has 124 valence electrons. The van der Waals surface area contributed by atoms with E-state index in [1.165, 1.54) is 12.3 Å². The third-order valence-electron chi connectivity index (χ3n) is 3.22. The molecule has 0 aliphatic rings. The number of hydrazone groups is 1. The number of nitrogens with one attached hydrogen (secondary N) is 1. The van der Waals surface area contributed by atoms with Crippen molar-refractivity contribution >= 4 is 17.8 Å². The maximum absolute atomic E-state index is 11.7. The van der Waals surface area contributed by atoms with Gasteiger partial charge in [-0.05, 0) is 31.5 Å². The standard InChI is InChI=1S/C17H17N3O4/c1-12-7-8-16(13(2)9-12)24-11-17(21)19-18-10-14-5-3-4-6-15(14)20(22)23/h3-10H,11H2,1-2H3,(H,19,21). The van der Waals surface area contributed by atoms with E-state index in [4.69, 9.17) is 4.74 Å². The monoisotopic (exact) mass is 327 g/mol. The van der Waals surface area contributed by atoms with Gasteiger partial charge in [0, 0.05) is 6.07 Å². The summed E-state index contributed by atoms with van der Waals surface area (Å²) >= 11 is 0. The molecule has 0 saturated heterocycles. The Morgan fingerprint density at radius 3 is 2.75 bits per heavy atom. The van der Waals surface area contributed by atoms with Crippen LogP contribution in [-0.2, 0) is 4.79 Å². The maximum Gasteiger partial charge on any atom is 0.278 e. The lowest BCUT2D eigenvalue weighted by Crippen LogP contribution is -2.24. The zero-order valence-corrected chi connectivity index (χ0v) is 13.4. The first kappa shape index (κ1) is 17.1. The first-order valence-electron chi connectivity index (χ1n) is 7.23. The number of rotatable bonds is 6. The first-order chi connectivity index (χ1) is 11.5. The highest BCUT2D eigenvalue weighted by atomic mass is 16.6. The summed E-state index contributed by atoms with van der Waals surface area (Å²) in [6.45, 7) is 3.67. The molecule has 24 heavy (non-hydrogen) atoms. The fraction of sp³-hybridized carbons (Fsp3) is 0.176. The number of carbonyl (C=O) groups excluding carboxylic acids is 1. The molecular formula is C17H17N3O4. The van der Waals surface area contributed by atoms with E-state index in [1.54, 1.807) is 24.3 Å². The Morgan fingerprint density at radius 2 is 2.04 bits per heavy atom. The second kappa shape index (κ2) is 7.87. The topological polar surface area (TPSA) is 93.8 Å². The third kappa shape index (κ3) is 4.64. The van der Waals surface area contributed by atoms with Gasteiger partial charge >= 0.3 is 0 Å². The van der Waals surface area contributed by atoms with Crippen molar-refractivity contribution in [2.75, 3.05) is 6.61 Å². The van der Waals surface area contributed by atoms with Crippen molar-refractivity contribution in [3.63, 3.8) is 0 Å². The van der Waals surface area contributed by atoms with Crippen LogP contribution in [0.4, 0.5) is 5.69 Å². The average molecular weight is 327 g/mol. The molecule has 2 aromatic rings. The Bertz CT molecular complexity index is 787. The van der Waals surface area contributed by atoms with Gasteiger partial charge < -0.3 is 4.74 Å². The van der Waals surface area contributed by atoms with E-state index in [9.17, 15) is 14.9 Å². The normalized spacial score (nSPS) is 10.6. The number of nitro groups is 1. The van der Waals surface area contributed by atoms with Crippen LogP contribution in [-0.4, -0.2) is 23.7 Å². The summed E-state index contributed by atoms with van der Waals surface area (Å²) in [5.74, 6) is 0.170. The van der Waals surface area contributed by atoms with Gasteiger partial charge in [0.1, 0.15) is 5.75 Å². The van der Waals surface area contributed by atoms with E-state index >= 15 is 0 Å². The van der Waals surface area contributed by atoms with Crippen molar-refractivity contribution < 1.29 is 14.5 Å². The van der Waals surface area contributed by atoms with Gasteiger partial charge in [-0.25, -0.2) is 5.43 Å². The SMILES string of the molecule is Cc1ccc(OCC(=O)NN=Cc2ccccc2[N+](=O)[O-])c(C)c1. The number of carbonyl (C=O) groups is 1. The van der Waals surface area contributed by atoms with Gasteiger partial charge in [0.2, 0.25) is 0 Å².